The van der Waals surface area contributed by atoms with Crippen LogP contribution < -0.4 is 16.6 Å². The van der Waals surface area contributed by atoms with Crippen LogP contribution >= 0.6 is 0 Å². The van der Waals surface area contributed by atoms with Gasteiger partial charge >= 0.3 is 0 Å². The number of anilines is 1. The van der Waals surface area contributed by atoms with E-state index in [1.165, 1.54) is 19.3 Å². The molecule has 4 N–H and O–H groups in total. The Balaban J connectivity index is 2.16. The van der Waals surface area contributed by atoms with Crippen LogP contribution in [0.4, 0.5) is 5.82 Å². The smallest absolute Gasteiger partial charge is 0.269 e. The van der Waals surface area contributed by atoms with Gasteiger partial charge in [-0.05, 0) is 24.5 Å². The van der Waals surface area contributed by atoms with Gasteiger partial charge in [-0.25, -0.2) is 10.8 Å². The number of unbranched alkanes of at least 4 members (excludes halogenated alkanes) is 3. The highest BCUT2D eigenvalue weighted by molar-refractivity contribution is 5.92. The topological polar surface area (TPSA) is 80.0 Å². The number of hydrazine groups is 1. The third-order valence-electron chi connectivity index (χ3n) is 3.12. The van der Waals surface area contributed by atoms with Gasteiger partial charge in [-0.15, -0.1) is 0 Å². The van der Waals surface area contributed by atoms with Crippen LogP contribution in [0, 0.1) is 5.92 Å². The molecule has 0 spiro atoms. The maximum Gasteiger partial charge on any atom is 0.269 e. The van der Waals surface area contributed by atoms with Gasteiger partial charge in [0.25, 0.3) is 5.91 Å². The molecule has 0 radical (unpaired) electrons. The SMILES string of the molecule is CC(C)CCCCCCNC(=O)c1cccc(NN)n1. The minimum absolute atomic E-state index is 0.149. The van der Waals surface area contributed by atoms with Gasteiger partial charge < -0.3 is 10.7 Å². The first-order valence-electron chi connectivity index (χ1n) is 7.35. The van der Waals surface area contributed by atoms with Crippen LogP contribution in [0.1, 0.15) is 56.4 Å². The van der Waals surface area contributed by atoms with Gasteiger partial charge in [-0.2, -0.15) is 0 Å². The number of nitrogens with zero attached hydrogens (tertiary/aromatic N) is 1. The van der Waals surface area contributed by atoms with Gasteiger partial charge in [0.1, 0.15) is 11.5 Å². The summed E-state index contributed by atoms with van der Waals surface area (Å²) in [5.74, 6) is 6.39. The van der Waals surface area contributed by atoms with Gasteiger partial charge in [-0.1, -0.05) is 45.6 Å². The molecule has 1 aromatic heterocycles. The second-order valence-electron chi connectivity index (χ2n) is 5.41. The third kappa shape index (κ3) is 6.52. The standard InChI is InChI=1S/C15H26N4O/c1-12(2)8-5-3-4-6-11-17-15(20)13-9-7-10-14(18-13)19-16/h7,9-10,12H,3-6,8,11,16H2,1-2H3,(H,17,20)(H,18,19). The summed E-state index contributed by atoms with van der Waals surface area (Å²) >= 11 is 0. The molecule has 0 aliphatic heterocycles. The van der Waals surface area contributed by atoms with Crippen molar-refractivity contribution in [3.8, 4) is 0 Å². The van der Waals surface area contributed by atoms with E-state index in [1.807, 2.05) is 0 Å². The van der Waals surface area contributed by atoms with Crippen LogP contribution in [-0.4, -0.2) is 17.4 Å². The Bertz CT molecular complexity index is 407. The molecule has 5 nitrogen and oxygen atoms in total. The summed E-state index contributed by atoms with van der Waals surface area (Å²) in [5, 5.41) is 2.88. The lowest BCUT2D eigenvalue weighted by Crippen LogP contribution is -2.25. The van der Waals surface area contributed by atoms with Crippen LogP contribution in [0.2, 0.25) is 0 Å². The molecule has 0 atom stereocenters. The Hall–Kier alpha value is -1.62. The molecular weight excluding hydrogens is 252 g/mol. The number of hydrogen-bond donors (Lipinski definition) is 3. The number of aromatic nitrogens is 1. The first-order valence-corrected chi connectivity index (χ1v) is 7.35. The molecule has 0 unspecified atom stereocenters. The number of nitrogens with one attached hydrogen (secondary N) is 2. The summed E-state index contributed by atoms with van der Waals surface area (Å²) in [6, 6.07) is 5.15. The number of amides is 1. The van der Waals surface area contributed by atoms with Crippen LogP contribution in [0.25, 0.3) is 0 Å². The normalized spacial score (nSPS) is 10.6. The van der Waals surface area contributed by atoms with E-state index >= 15 is 0 Å². The molecule has 0 aromatic carbocycles. The van der Waals surface area contributed by atoms with Crippen molar-refractivity contribution in [2.75, 3.05) is 12.0 Å². The molecule has 0 aliphatic rings. The molecule has 0 fully saturated rings. The molecule has 1 heterocycles. The molecule has 0 saturated heterocycles. The second-order valence-corrected chi connectivity index (χ2v) is 5.41. The van der Waals surface area contributed by atoms with Crippen molar-refractivity contribution in [1.82, 2.24) is 10.3 Å². The number of carbonyl (C=O) groups is 1. The molecule has 1 amide bonds. The Morgan fingerprint density at radius 2 is 2.00 bits per heavy atom. The van der Waals surface area contributed by atoms with Crippen LogP contribution in [0.3, 0.4) is 0 Å². The Kier molecular flexibility index (Phi) is 7.65. The average Bonchev–Trinajstić information content (AvgIpc) is 2.45. The fraction of sp³-hybridized carbons (Fsp3) is 0.600. The first-order chi connectivity index (χ1) is 9.63. The molecule has 0 aliphatic carbocycles. The summed E-state index contributed by atoms with van der Waals surface area (Å²) in [6.07, 6.45) is 5.97. The molecule has 112 valence electrons. The van der Waals surface area contributed by atoms with Gasteiger partial charge in [0.05, 0.1) is 0 Å². The lowest BCUT2D eigenvalue weighted by molar-refractivity contribution is 0.0948. The van der Waals surface area contributed by atoms with Crippen LogP contribution in [0.15, 0.2) is 18.2 Å². The Morgan fingerprint density at radius 3 is 2.70 bits per heavy atom. The van der Waals surface area contributed by atoms with E-state index in [9.17, 15) is 4.79 Å². The van der Waals surface area contributed by atoms with Crippen molar-refractivity contribution >= 4 is 11.7 Å². The van der Waals surface area contributed by atoms with Gasteiger partial charge in [-0.3, -0.25) is 4.79 Å². The van der Waals surface area contributed by atoms with E-state index in [2.05, 4.69) is 29.6 Å². The number of nitrogens with two attached hydrogens (primary N) is 1. The van der Waals surface area contributed by atoms with E-state index in [1.54, 1.807) is 18.2 Å². The molecule has 1 aromatic rings. The van der Waals surface area contributed by atoms with Crippen LogP contribution in [0.5, 0.6) is 0 Å². The summed E-state index contributed by atoms with van der Waals surface area (Å²) in [5.41, 5.74) is 2.82. The number of nitrogen functional groups attached to an aromatic ring is 1. The second kappa shape index (κ2) is 9.31. The van der Waals surface area contributed by atoms with Crippen molar-refractivity contribution in [3.05, 3.63) is 23.9 Å². The molecule has 1 rings (SSSR count). The average molecular weight is 278 g/mol. The number of rotatable bonds is 9. The van der Waals surface area contributed by atoms with Gasteiger partial charge in [0, 0.05) is 6.54 Å². The maximum absolute atomic E-state index is 11.8. The van der Waals surface area contributed by atoms with Gasteiger partial charge in [0.2, 0.25) is 0 Å². The zero-order valence-electron chi connectivity index (χ0n) is 12.5. The van der Waals surface area contributed by atoms with Crippen molar-refractivity contribution in [3.63, 3.8) is 0 Å². The zero-order chi connectivity index (χ0) is 14.8. The van der Waals surface area contributed by atoms with Crippen molar-refractivity contribution in [2.24, 2.45) is 11.8 Å². The monoisotopic (exact) mass is 278 g/mol. The maximum atomic E-state index is 11.8. The summed E-state index contributed by atoms with van der Waals surface area (Å²) < 4.78 is 0. The van der Waals surface area contributed by atoms with Crippen LogP contribution in [-0.2, 0) is 0 Å². The predicted molar refractivity (Wildman–Crippen MR) is 82.3 cm³/mol. The fourth-order valence-corrected chi connectivity index (χ4v) is 1.97. The summed E-state index contributed by atoms with van der Waals surface area (Å²) in [4.78, 5) is 15.9. The van der Waals surface area contributed by atoms with E-state index < -0.39 is 0 Å². The minimum Gasteiger partial charge on any atom is -0.351 e. The highest BCUT2D eigenvalue weighted by Crippen LogP contribution is 2.09. The van der Waals surface area contributed by atoms with E-state index in [-0.39, 0.29) is 5.91 Å². The minimum atomic E-state index is -0.149. The summed E-state index contributed by atoms with van der Waals surface area (Å²) in [6.45, 7) is 5.19. The largest absolute Gasteiger partial charge is 0.351 e. The number of carbonyl (C=O) groups excluding carboxylic acids is 1. The quantitative estimate of drug-likeness (QED) is 0.368. The van der Waals surface area contributed by atoms with Crippen molar-refractivity contribution < 1.29 is 4.79 Å². The van der Waals surface area contributed by atoms with Crippen molar-refractivity contribution in [1.29, 1.82) is 0 Å². The first kappa shape index (κ1) is 16.4. The van der Waals surface area contributed by atoms with Gasteiger partial charge in [0.15, 0.2) is 0 Å². The van der Waals surface area contributed by atoms with E-state index in [0.29, 0.717) is 18.1 Å². The Labute approximate surface area is 121 Å². The molecule has 0 saturated carbocycles. The number of hydrogen-bond acceptors (Lipinski definition) is 4. The highest BCUT2D eigenvalue weighted by atomic mass is 16.1. The molecule has 20 heavy (non-hydrogen) atoms. The lowest BCUT2D eigenvalue weighted by atomic mass is 10.0. The Morgan fingerprint density at radius 1 is 1.25 bits per heavy atom. The van der Waals surface area contributed by atoms with E-state index in [4.69, 9.17) is 5.84 Å². The fourth-order valence-electron chi connectivity index (χ4n) is 1.97. The zero-order valence-corrected chi connectivity index (χ0v) is 12.5. The third-order valence-corrected chi connectivity index (χ3v) is 3.12. The molecular formula is C15H26N4O. The molecule has 0 bridgehead atoms. The number of pyridine rings is 1. The summed E-state index contributed by atoms with van der Waals surface area (Å²) in [7, 11) is 0. The lowest BCUT2D eigenvalue weighted by Gasteiger charge is -2.07. The molecule has 5 heteroatoms. The predicted octanol–water partition coefficient (Wildman–Crippen LogP) is 2.70. The van der Waals surface area contributed by atoms with Crippen molar-refractivity contribution in [2.45, 2.75) is 46.0 Å². The highest BCUT2D eigenvalue weighted by Gasteiger charge is 2.06. The van der Waals surface area contributed by atoms with E-state index in [0.717, 1.165) is 18.8 Å².